The Morgan fingerprint density at radius 1 is 1.30 bits per heavy atom. The molecule has 20 heavy (non-hydrogen) atoms. The fraction of sp³-hybridized carbons (Fsp3) is 0.750. The number of hydrogen-bond acceptors (Lipinski definition) is 4. The minimum atomic E-state index is -0.0484. The Bertz CT molecular complexity index is 311. The van der Waals surface area contributed by atoms with Crippen molar-refractivity contribution in [2.45, 2.75) is 40.2 Å². The molecule has 0 rings (SSSR count). The molecule has 0 aromatic heterocycles. The SMILES string of the molecule is CCCN(C)CCN/C=C/C(=C(\N)C(C)OC)C(C)C. The summed E-state index contributed by atoms with van der Waals surface area (Å²) >= 11 is 0. The molecule has 1 atom stereocenters. The van der Waals surface area contributed by atoms with Crippen molar-refractivity contribution >= 4 is 0 Å². The van der Waals surface area contributed by atoms with Gasteiger partial charge in [0.2, 0.25) is 0 Å². The molecule has 3 N–H and O–H groups in total. The van der Waals surface area contributed by atoms with Crippen LogP contribution in [0.5, 0.6) is 0 Å². The van der Waals surface area contributed by atoms with E-state index in [4.69, 9.17) is 10.5 Å². The van der Waals surface area contributed by atoms with Crippen LogP contribution in [0.4, 0.5) is 0 Å². The van der Waals surface area contributed by atoms with Crippen LogP contribution in [-0.4, -0.2) is 44.8 Å². The van der Waals surface area contributed by atoms with Crippen LogP contribution in [0.3, 0.4) is 0 Å². The summed E-state index contributed by atoms with van der Waals surface area (Å²) in [4.78, 5) is 2.32. The van der Waals surface area contributed by atoms with Crippen LogP contribution in [0.15, 0.2) is 23.5 Å². The molecular weight excluding hydrogens is 250 g/mol. The molecule has 0 saturated carbocycles. The number of nitrogens with one attached hydrogen (secondary N) is 1. The van der Waals surface area contributed by atoms with Crippen LogP contribution < -0.4 is 11.1 Å². The molecule has 0 amide bonds. The lowest BCUT2D eigenvalue weighted by Gasteiger charge is -2.17. The molecule has 0 bridgehead atoms. The van der Waals surface area contributed by atoms with Crippen LogP contribution in [-0.2, 0) is 4.74 Å². The third-order valence-corrected chi connectivity index (χ3v) is 3.37. The van der Waals surface area contributed by atoms with Crippen molar-refractivity contribution < 1.29 is 4.74 Å². The average Bonchev–Trinajstić information content (AvgIpc) is 2.41. The normalized spacial score (nSPS) is 15.0. The van der Waals surface area contributed by atoms with Crippen LogP contribution in [0.1, 0.15) is 34.1 Å². The Balaban J connectivity index is 4.37. The molecule has 0 aliphatic rings. The molecule has 0 aliphatic carbocycles. The van der Waals surface area contributed by atoms with E-state index in [1.807, 2.05) is 13.1 Å². The number of ether oxygens (including phenoxy) is 1. The number of nitrogens with zero attached hydrogens (tertiary/aromatic N) is 1. The Morgan fingerprint density at radius 3 is 2.45 bits per heavy atom. The van der Waals surface area contributed by atoms with Gasteiger partial charge in [0.25, 0.3) is 0 Å². The van der Waals surface area contributed by atoms with E-state index in [0.29, 0.717) is 5.92 Å². The molecule has 0 heterocycles. The van der Waals surface area contributed by atoms with E-state index < -0.39 is 0 Å². The molecule has 4 heteroatoms. The quantitative estimate of drug-likeness (QED) is 0.477. The number of methoxy groups -OCH3 is 1. The highest BCUT2D eigenvalue weighted by Gasteiger charge is 2.11. The third-order valence-electron chi connectivity index (χ3n) is 3.37. The van der Waals surface area contributed by atoms with Gasteiger partial charge in [-0.3, -0.25) is 0 Å². The summed E-state index contributed by atoms with van der Waals surface area (Å²) < 4.78 is 5.29. The van der Waals surface area contributed by atoms with Gasteiger partial charge in [0.15, 0.2) is 0 Å². The van der Waals surface area contributed by atoms with Crippen molar-refractivity contribution in [3.8, 4) is 0 Å². The summed E-state index contributed by atoms with van der Waals surface area (Å²) in [5.74, 6) is 0.383. The van der Waals surface area contributed by atoms with Crippen molar-refractivity contribution in [2.24, 2.45) is 11.7 Å². The van der Waals surface area contributed by atoms with Gasteiger partial charge in [0.05, 0.1) is 6.10 Å². The number of hydrogen-bond donors (Lipinski definition) is 2. The minimum Gasteiger partial charge on any atom is -0.400 e. The van der Waals surface area contributed by atoms with E-state index in [0.717, 1.165) is 30.9 Å². The smallest absolute Gasteiger partial charge is 0.0938 e. The van der Waals surface area contributed by atoms with Crippen molar-refractivity contribution in [2.75, 3.05) is 33.8 Å². The molecule has 0 radical (unpaired) electrons. The van der Waals surface area contributed by atoms with Gasteiger partial charge in [-0.2, -0.15) is 0 Å². The zero-order chi connectivity index (χ0) is 15.5. The summed E-state index contributed by atoms with van der Waals surface area (Å²) in [6, 6.07) is 0. The van der Waals surface area contributed by atoms with E-state index in [1.165, 1.54) is 6.42 Å². The third kappa shape index (κ3) is 7.56. The van der Waals surface area contributed by atoms with Gasteiger partial charge < -0.3 is 20.7 Å². The monoisotopic (exact) mass is 283 g/mol. The first kappa shape index (κ1) is 19.0. The fourth-order valence-corrected chi connectivity index (χ4v) is 1.96. The van der Waals surface area contributed by atoms with E-state index in [-0.39, 0.29) is 6.10 Å². The minimum absolute atomic E-state index is 0.0484. The second-order valence-electron chi connectivity index (χ2n) is 5.53. The van der Waals surface area contributed by atoms with Gasteiger partial charge in [-0.05, 0) is 50.7 Å². The lowest BCUT2D eigenvalue weighted by atomic mass is 9.99. The zero-order valence-electron chi connectivity index (χ0n) is 14.1. The van der Waals surface area contributed by atoms with Crippen LogP contribution in [0.2, 0.25) is 0 Å². The Kier molecular flexibility index (Phi) is 10.2. The average molecular weight is 283 g/mol. The van der Waals surface area contributed by atoms with Gasteiger partial charge in [0.1, 0.15) is 0 Å². The van der Waals surface area contributed by atoms with Crippen molar-refractivity contribution in [1.29, 1.82) is 0 Å². The molecule has 0 saturated heterocycles. The molecule has 0 spiro atoms. The topological polar surface area (TPSA) is 50.5 Å². The maximum Gasteiger partial charge on any atom is 0.0938 e. The summed E-state index contributed by atoms with van der Waals surface area (Å²) in [6.45, 7) is 11.6. The molecule has 0 aliphatic heterocycles. The molecule has 0 fully saturated rings. The standard InChI is InChI=1S/C16H33N3O/c1-7-11-19(5)12-10-18-9-8-15(13(2)3)16(17)14(4)20-6/h8-9,13-14,18H,7,10-12,17H2,1-6H3/b9-8+,16-15+. The molecule has 118 valence electrons. The predicted molar refractivity (Wildman–Crippen MR) is 87.5 cm³/mol. The zero-order valence-corrected chi connectivity index (χ0v) is 14.1. The Hall–Kier alpha value is -1.00. The molecule has 0 aromatic carbocycles. The summed E-state index contributed by atoms with van der Waals surface area (Å²) in [5.41, 5.74) is 8.08. The van der Waals surface area contributed by atoms with Gasteiger partial charge in [-0.1, -0.05) is 20.8 Å². The highest BCUT2D eigenvalue weighted by molar-refractivity contribution is 5.27. The van der Waals surface area contributed by atoms with Gasteiger partial charge >= 0.3 is 0 Å². The van der Waals surface area contributed by atoms with Gasteiger partial charge in [0, 0.05) is 25.9 Å². The molecule has 0 aromatic rings. The second-order valence-corrected chi connectivity index (χ2v) is 5.53. The molecule has 1 unspecified atom stereocenters. The Morgan fingerprint density at radius 2 is 1.95 bits per heavy atom. The van der Waals surface area contributed by atoms with Crippen molar-refractivity contribution in [3.05, 3.63) is 23.5 Å². The molecule has 4 nitrogen and oxygen atoms in total. The highest BCUT2D eigenvalue weighted by atomic mass is 16.5. The molecular formula is C16H33N3O. The lowest BCUT2D eigenvalue weighted by Crippen LogP contribution is -2.27. The number of rotatable bonds is 10. The van der Waals surface area contributed by atoms with E-state index >= 15 is 0 Å². The van der Waals surface area contributed by atoms with E-state index in [1.54, 1.807) is 7.11 Å². The first-order valence-corrected chi connectivity index (χ1v) is 7.54. The first-order valence-electron chi connectivity index (χ1n) is 7.54. The van der Waals surface area contributed by atoms with Gasteiger partial charge in [-0.25, -0.2) is 0 Å². The van der Waals surface area contributed by atoms with Crippen LogP contribution in [0, 0.1) is 5.92 Å². The van der Waals surface area contributed by atoms with Crippen molar-refractivity contribution in [3.63, 3.8) is 0 Å². The van der Waals surface area contributed by atoms with Crippen LogP contribution in [0.25, 0.3) is 0 Å². The number of likely N-dealkylation sites (N-methyl/N-ethyl adjacent to an activating group) is 1. The lowest BCUT2D eigenvalue weighted by molar-refractivity contribution is 0.144. The fourth-order valence-electron chi connectivity index (χ4n) is 1.96. The van der Waals surface area contributed by atoms with Gasteiger partial charge in [-0.15, -0.1) is 0 Å². The summed E-state index contributed by atoms with van der Waals surface area (Å²) in [6.07, 6.45) is 5.20. The second kappa shape index (κ2) is 10.7. The maximum absolute atomic E-state index is 6.14. The van der Waals surface area contributed by atoms with Crippen LogP contribution >= 0.6 is 0 Å². The maximum atomic E-state index is 6.14. The largest absolute Gasteiger partial charge is 0.400 e. The first-order chi connectivity index (χ1) is 9.43. The number of allylic oxidation sites excluding steroid dienone is 2. The summed E-state index contributed by atoms with van der Waals surface area (Å²) in [7, 11) is 3.83. The van der Waals surface area contributed by atoms with E-state index in [9.17, 15) is 0 Å². The predicted octanol–water partition coefficient (Wildman–Crippen LogP) is 2.34. The Labute approximate surface area is 125 Å². The van der Waals surface area contributed by atoms with E-state index in [2.05, 4.69) is 44.1 Å². The number of nitrogens with two attached hydrogens (primary N) is 1. The van der Waals surface area contributed by atoms with Crippen molar-refractivity contribution in [1.82, 2.24) is 10.2 Å². The highest BCUT2D eigenvalue weighted by Crippen LogP contribution is 2.16. The summed E-state index contributed by atoms with van der Waals surface area (Å²) in [5, 5.41) is 3.32.